The van der Waals surface area contributed by atoms with Gasteiger partial charge in [-0.05, 0) is 48.2 Å². The Bertz CT molecular complexity index is 1920. The lowest BCUT2D eigenvalue weighted by molar-refractivity contribution is -0.150. The van der Waals surface area contributed by atoms with Gasteiger partial charge in [-0.3, -0.25) is 24.0 Å². The van der Waals surface area contributed by atoms with Crippen LogP contribution in [0.15, 0.2) is 42.5 Å². The zero-order valence-electron chi connectivity index (χ0n) is 28.5. The van der Waals surface area contributed by atoms with Gasteiger partial charge in [0.2, 0.25) is 20.4 Å². The molecule has 278 valence electrons. The molecule has 0 saturated heterocycles. The number of aliphatic carboxylic acids is 2. The molecule has 0 aliphatic carbocycles. The number of hydrogen-bond donors (Lipinski definition) is 2. The Morgan fingerprint density at radius 1 is 0.642 bits per heavy atom. The minimum atomic E-state index is -1.84. The summed E-state index contributed by atoms with van der Waals surface area (Å²) in [5.74, 6) is -5.70. The van der Waals surface area contributed by atoms with Gasteiger partial charge in [-0.25, -0.2) is 9.59 Å². The molecule has 3 aromatic rings. The average Bonchev–Trinajstić information content (AvgIpc) is 3.37. The van der Waals surface area contributed by atoms with E-state index in [0.717, 1.165) is 6.92 Å². The van der Waals surface area contributed by atoms with Crippen LogP contribution in [0.3, 0.4) is 0 Å². The maximum absolute atomic E-state index is 13.8. The summed E-state index contributed by atoms with van der Waals surface area (Å²) < 4.78 is 43.5. The Morgan fingerprint density at radius 3 is 1.60 bits per heavy atom. The van der Waals surface area contributed by atoms with Gasteiger partial charge in [0.15, 0.2) is 5.60 Å². The third kappa shape index (κ3) is 8.30. The summed E-state index contributed by atoms with van der Waals surface area (Å²) in [5, 5.41) is 19.0. The van der Waals surface area contributed by atoms with E-state index in [1.807, 2.05) is 0 Å². The number of aryl methyl sites for hydroxylation is 2. The molecule has 5 rings (SSSR count). The van der Waals surface area contributed by atoms with E-state index in [-0.39, 0.29) is 76.5 Å². The number of esters is 5. The standard InChI is InChI=1S/C36H32O17/c1-18(37)46-15-49-28-13-30-26(11-21(28)5-8-32(40)41)36(25-7-4-23(10-24(25)35(45)53-36)34(44)51-17-48-20(3)39)27-12-22(6-9-33(42)43)29(14-31(27)52-30)50-16-47-19(2)38/h4,7,10-14H,5-6,8-9,15-17H2,1-3H3,(H,40,41)(H,42,43). The van der Waals surface area contributed by atoms with Crippen molar-refractivity contribution in [2.75, 3.05) is 20.4 Å². The second kappa shape index (κ2) is 15.7. The number of fused-ring (bicyclic) bond motifs is 6. The number of benzene rings is 3. The minimum absolute atomic E-state index is 0.0594. The Hall–Kier alpha value is -6.65. The fourth-order valence-corrected chi connectivity index (χ4v) is 5.73. The number of ether oxygens (including phenoxy) is 8. The number of rotatable bonds is 15. The third-order valence-electron chi connectivity index (χ3n) is 8.03. The molecule has 0 saturated carbocycles. The number of carboxylic acids is 2. The molecule has 0 atom stereocenters. The van der Waals surface area contributed by atoms with Crippen LogP contribution in [-0.4, -0.2) is 72.4 Å². The molecular formula is C36H32O17. The van der Waals surface area contributed by atoms with Crippen molar-refractivity contribution in [2.45, 2.75) is 52.1 Å². The Labute approximate surface area is 300 Å². The fourth-order valence-electron chi connectivity index (χ4n) is 5.73. The van der Waals surface area contributed by atoms with Crippen LogP contribution in [0.25, 0.3) is 0 Å². The summed E-state index contributed by atoms with van der Waals surface area (Å²) in [6, 6.07) is 9.91. The lowest BCUT2D eigenvalue weighted by Crippen LogP contribution is -2.33. The Kier molecular flexibility index (Phi) is 11.1. The molecule has 0 aromatic heterocycles. The summed E-state index contributed by atoms with van der Waals surface area (Å²) >= 11 is 0. The normalized spacial score (nSPS) is 12.9. The van der Waals surface area contributed by atoms with Crippen molar-refractivity contribution >= 4 is 41.8 Å². The maximum atomic E-state index is 13.8. The SMILES string of the molecule is CC(=O)OCOC(=O)c1ccc2c(c1)C(=O)OC21c2cc(CCC(=O)O)c(OCOC(C)=O)cc2Oc2cc(OCOC(C)=O)c(CCC(=O)O)cc21. The monoisotopic (exact) mass is 736 g/mol. The second-order valence-electron chi connectivity index (χ2n) is 11.6. The van der Waals surface area contributed by atoms with Crippen molar-refractivity contribution in [3.05, 3.63) is 81.4 Å². The van der Waals surface area contributed by atoms with Gasteiger partial charge in [-0.1, -0.05) is 6.07 Å². The highest BCUT2D eigenvalue weighted by atomic mass is 16.7. The smallest absolute Gasteiger partial charge is 0.341 e. The first-order chi connectivity index (χ1) is 25.2. The van der Waals surface area contributed by atoms with Crippen LogP contribution >= 0.6 is 0 Å². The van der Waals surface area contributed by atoms with Crippen LogP contribution in [0.2, 0.25) is 0 Å². The van der Waals surface area contributed by atoms with Gasteiger partial charge in [-0.15, -0.1) is 0 Å². The molecule has 2 heterocycles. The van der Waals surface area contributed by atoms with Gasteiger partial charge >= 0.3 is 41.8 Å². The molecule has 0 amide bonds. The van der Waals surface area contributed by atoms with Gasteiger partial charge in [0, 0.05) is 62.4 Å². The quantitative estimate of drug-likeness (QED) is 0.128. The largest absolute Gasteiger partial charge is 0.481 e. The van der Waals surface area contributed by atoms with Gasteiger partial charge in [-0.2, -0.15) is 0 Å². The van der Waals surface area contributed by atoms with Crippen LogP contribution in [0.1, 0.15) is 82.1 Å². The van der Waals surface area contributed by atoms with Crippen molar-refractivity contribution in [2.24, 2.45) is 0 Å². The van der Waals surface area contributed by atoms with Crippen LogP contribution in [0.4, 0.5) is 0 Å². The Balaban J connectivity index is 1.72. The van der Waals surface area contributed by atoms with Gasteiger partial charge in [0.05, 0.1) is 11.1 Å². The van der Waals surface area contributed by atoms with Crippen LogP contribution in [0.5, 0.6) is 23.0 Å². The van der Waals surface area contributed by atoms with E-state index in [0.29, 0.717) is 11.1 Å². The number of carbonyl (C=O) groups is 7. The molecule has 0 unspecified atom stereocenters. The van der Waals surface area contributed by atoms with Gasteiger partial charge in [0.1, 0.15) is 23.0 Å². The first-order valence-corrected chi connectivity index (χ1v) is 15.9. The van der Waals surface area contributed by atoms with Crippen LogP contribution in [-0.2, 0) is 66.1 Å². The zero-order valence-corrected chi connectivity index (χ0v) is 28.5. The van der Waals surface area contributed by atoms with E-state index >= 15 is 0 Å². The predicted molar refractivity (Wildman–Crippen MR) is 173 cm³/mol. The molecule has 1 spiro atoms. The van der Waals surface area contributed by atoms with Crippen molar-refractivity contribution in [3.63, 3.8) is 0 Å². The first kappa shape index (κ1) is 37.6. The number of carboxylic acid groups (broad SMARTS) is 2. The summed E-state index contributed by atoms with van der Waals surface area (Å²) in [4.78, 5) is 83.9. The van der Waals surface area contributed by atoms with Crippen molar-refractivity contribution in [3.8, 4) is 23.0 Å². The van der Waals surface area contributed by atoms with Crippen LogP contribution < -0.4 is 14.2 Å². The average molecular weight is 737 g/mol. The number of hydrogen-bond acceptors (Lipinski definition) is 15. The van der Waals surface area contributed by atoms with E-state index in [2.05, 4.69) is 4.74 Å². The van der Waals surface area contributed by atoms with Gasteiger partial charge in [0.25, 0.3) is 0 Å². The van der Waals surface area contributed by atoms with Crippen LogP contribution in [0, 0.1) is 0 Å². The van der Waals surface area contributed by atoms with Crippen molar-refractivity contribution in [1.29, 1.82) is 0 Å². The highest BCUT2D eigenvalue weighted by Crippen LogP contribution is 2.58. The molecule has 17 nitrogen and oxygen atoms in total. The minimum Gasteiger partial charge on any atom is -0.481 e. The third-order valence-corrected chi connectivity index (χ3v) is 8.03. The molecule has 53 heavy (non-hydrogen) atoms. The zero-order chi connectivity index (χ0) is 38.4. The highest BCUT2D eigenvalue weighted by Gasteiger charge is 2.54. The molecule has 0 bridgehead atoms. The lowest BCUT2D eigenvalue weighted by atomic mass is 9.76. The van der Waals surface area contributed by atoms with E-state index in [9.17, 15) is 43.8 Å². The van der Waals surface area contributed by atoms with E-state index in [1.165, 1.54) is 56.3 Å². The molecule has 0 radical (unpaired) electrons. The molecule has 17 heteroatoms. The topological polar surface area (TPSA) is 234 Å². The summed E-state index contributed by atoms with van der Waals surface area (Å²) in [7, 11) is 0. The molecule has 2 aliphatic heterocycles. The van der Waals surface area contributed by atoms with E-state index in [4.69, 9.17) is 33.2 Å². The van der Waals surface area contributed by atoms with Gasteiger partial charge < -0.3 is 48.1 Å². The fraction of sp³-hybridized carbons (Fsp3) is 0.306. The molecular weight excluding hydrogens is 704 g/mol. The number of carbonyl (C=O) groups excluding carboxylic acids is 5. The summed E-state index contributed by atoms with van der Waals surface area (Å²) in [5.41, 5.74) is -0.713. The maximum Gasteiger partial charge on any atom is 0.341 e. The molecule has 0 fully saturated rings. The van der Waals surface area contributed by atoms with E-state index in [1.54, 1.807) is 0 Å². The predicted octanol–water partition coefficient (Wildman–Crippen LogP) is 3.77. The summed E-state index contributed by atoms with van der Waals surface area (Å²) in [6.07, 6.45) is -0.848. The highest BCUT2D eigenvalue weighted by molar-refractivity contribution is 6.00. The van der Waals surface area contributed by atoms with E-state index < -0.39 is 67.8 Å². The molecule has 2 N–H and O–H groups in total. The van der Waals surface area contributed by atoms with Crippen molar-refractivity contribution < 1.29 is 81.7 Å². The lowest BCUT2D eigenvalue weighted by Gasteiger charge is -2.37. The molecule has 2 aliphatic rings. The summed E-state index contributed by atoms with van der Waals surface area (Å²) in [6.45, 7) is 1.77. The second-order valence-corrected chi connectivity index (χ2v) is 11.6. The molecule has 3 aromatic carbocycles. The Morgan fingerprint density at radius 2 is 1.13 bits per heavy atom. The first-order valence-electron chi connectivity index (χ1n) is 15.9. The van der Waals surface area contributed by atoms with Crippen molar-refractivity contribution in [1.82, 2.24) is 0 Å².